The van der Waals surface area contributed by atoms with Crippen molar-refractivity contribution in [2.24, 2.45) is 5.92 Å². The summed E-state index contributed by atoms with van der Waals surface area (Å²) in [7, 11) is 2.86. The largest absolute Gasteiger partial charge is 0.490 e. The lowest BCUT2D eigenvalue weighted by Gasteiger charge is -2.28. The summed E-state index contributed by atoms with van der Waals surface area (Å²) in [6.07, 6.45) is -3.13. The summed E-state index contributed by atoms with van der Waals surface area (Å²) in [5.74, 6) is -4.36. The molecule has 8 nitrogen and oxygen atoms in total. The van der Waals surface area contributed by atoms with Gasteiger partial charge in [0.15, 0.2) is 0 Å². The van der Waals surface area contributed by atoms with E-state index in [1.165, 1.54) is 19.2 Å². The van der Waals surface area contributed by atoms with Gasteiger partial charge in [-0.3, -0.25) is 4.79 Å². The molecule has 1 aromatic rings. The number of carboxylic acid groups (broad SMARTS) is 1. The fourth-order valence-corrected chi connectivity index (χ4v) is 3.35. The zero-order valence-corrected chi connectivity index (χ0v) is 18.4. The highest BCUT2D eigenvalue weighted by molar-refractivity contribution is 5.86. The molecule has 186 valence electrons. The van der Waals surface area contributed by atoms with E-state index in [4.69, 9.17) is 19.4 Å². The molecule has 0 bridgehead atoms. The lowest BCUT2D eigenvalue weighted by atomic mass is 9.95. The summed E-state index contributed by atoms with van der Waals surface area (Å²) < 4.78 is 55.1. The second-order valence-corrected chi connectivity index (χ2v) is 7.41. The third kappa shape index (κ3) is 9.34. The maximum Gasteiger partial charge on any atom is 0.490 e. The van der Waals surface area contributed by atoms with Crippen LogP contribution in [0.15, 0.2) is 24.3 Å². The van der Waals surface area contributed by atoms with Crippen molar-refractivity contribution in [3.63, 3.8) is 0 Å². The van der Waals surface area contributed by atoms with E-state index in [0.717, 1.165) is 24.9 Å². The number of rotatable bonds is 8. The van der Waals surface area contributed by atoms with Crippen LogP contribution in [0, 0.1) is 11.7 Å². The minimum Gasteiger partial charge on any atom is -0.475 e. The number of ether oxygens (including phenoxy) is 2. The van der Waals surface area contributed by atoms with Crippen LogP contribution in [-0.4, -0.2) is 68.1 Å². The Kier molecular flexibility index (Phi) is 11.2. The molecule has 1 amide bonds. The molecule has 0 spiro atoms. The van der Waals surface area contributed by atoms with Crippen LogP contribution in [0.2, 0.25) is 0 Å². The van der Waals surface area contributed by atoms with Crippen LogP contribution < -0.4 is 10.6 Å². The van der Waals surface area contributed by atoms with Crippen molar-refractivity contribution in [2.75, 3.05) is 20.8 Å². The minimum atomic E-state index is -5.08. The van der Waals surface area contributed by atoms with Crippen LogP contribution >= 0.6 is 0 Å². The van der Waals surface area contributed by atoms with E-state index in [0.29, 0.717) is 0 Å². The van der Waals surface area contributed by atoms with Gasteiger partial charge in [-0.1, -0.05) is 19.1 Å². The quantitative estimate of drug-likeness (QED) is 0.386. The first kappa shape index (κ1) is 28.3. The van der Waals surface area contributed by atoms with Gasteiger partial charge in [0.1, 0.15) is 11.9 Å². The zero-order valence-electron chi connectivity index (χ0n) is 18.4. The van der Waals surface area contributed by atoms with E-state index < -0.39 is 30.1 Å². The molecule has 2 rings (SSSR count). The summed E-state index contributed by atoms with van der Waals surface area (Å²) >= 11 is 0. The van der Waals surface area contributed by atoms with E-state index in [1.807, 2.05) is 0 Å². The third-order valence-corrected chi connectivity index (χ3v) is 5.07. The van der Waals surface area contributed by atoms with Crippen molar-refractivity contribution < 1.29 is 46.5 Å². The number of amides is 1. The number of methoxy groups -OCH3 is 2. The predicted molar refractivity (Wildman–Crippen MR) is 109 cm³/mol. The molecule has 1 aromatic carbocycles. The van der Waals surface area contributed by atoms with Crippen LogP contribution in [0.3, 0.4) is 0 Å². The van der Waals surface area contributed by atoms with Crippen molar-refractivity contribution in [3.8, 4) is 0 Å². The summed E-state index contributed by atoms with van der Waals surface area (Å²) in [6, 6.07) is 5.09. The molecule has 1 aliphatic heterocycles. The molecular weight excluding hydrogens is 452 g/mol. The summed E-state index contributed by atoms with van der Waals surface area (Å²) in [5, 5.41) is 13.2. The van der Waals surface area contributed by atoms with Gasteiger partial charge in [0.2, 0.25) is 5.91 Å². The van der Waals surface area contributed by atoms with E-state index in [9.17, 15) is 27.2 Å². The van der Waals surface area contributed by atoms with E-state index in [1.54, 1.807) is 26.2 Å². The fourth-order valence-electron chi connectivity index (χ4n) is 3.35. The zero-order chi connectivity index (χ0) is 25.2. The highest BCUT2D eigenvalue weighted by Crippen LogP contribution is 2.19. The van der Waals surface area contributed by atoms with Crippen LogP contribution in [-0.2, 0) is 30.3 Å². The molecule has 3 N–H and O–H groups in total. The Bertz CT molecular complexity index is 782. The highest BCUT2D eigenvalue weighted by atomic mass is 19.4. The lowest BCUT2D eigenvalue weighted by Crippen LogP contribution is -2.50. The SMILES string of the molecule is COC(=O)[C@H](Cc1ccc(F)cc1)NC(=O)[C@H](C)[C@@H](OC)[C@@H]1CCCN1.O=C(O)C(F)(F)F. The third-order valence-electron chi connectivity index (χ3n) is 5.07. The molecule has 4 atom stereocenters. The van der Waals surface area contributed by atoms with Crippen molar-refractivity contribution >= 4 is 17.8 Å². The van der Waals surface area contributed by atoms with E-state index in [2.05, 4.69) is 10.6 Å². The van der Waals surface area contributed by atoms with Crippen LogP contribution in [0.4, 0.5) is 17.6 Å². The number of carbonyl (C=O) groups is 3. The van der Waals surface area contributed by atoms with Gasteiger partial charge in [-0.2, -0.15) is 13.2 Å². The molecule has 0 aliphatic carbocycles. The maximum atomic E-state index is 13.1. The van der Waals surface area contributed by atoms with Gasteiger partial charge in [0.05, 0.1) is 19.1 Å². The first-order valence-corrected chi connectivity index (χ1v) is 10.1. The van der Waals surface area contributed by atoms with Gasteiger partial charge >= 0.3 is 18.1 Å². The standard InChI is InChI=1S/C19H27FN2O4.C2HF3O2/c1-12(17(25-2)15-5-4-10-21-15)18(23)22-16(19(24)26-3)11-13-6-8-14(20)9-7-13;3-2(4,5)1(6)7/h6-9,12,15-17,21H,4-5,10-11H2,1-3H3,(H,22,23);(H,6,7)/t12-,15+,16+,17-;/m1./s1. The molecular formula is C21H28F4N2O6. The molecule has 0 radical (unpaired) electrons. The van der Waals surface area contributed by atoms with Crippen molar-refractivity contribution in [2.45, 2.75) is 50.6 Å². The number of halogens is 4. The van der Waals surface area contributed by atoms with Gasteiger partial charge in [0.25, 0.3) is 0 Å². The topological polar surface area (TPSA) is 114 Å². The van der Waals surface area contributed by atoms with Gasteiger partial charge < -0.3 is 25.2 Å². The molecule has 33 heavy (non-hydrogen) atoms. The Morgan fingerprint density at radius 2 is 1.79 bits per heavy atom. The normalized spacial score (nSPS) is 18.3. The number of hydrogen-bond donors (Lipinski definition) is 3. The number of carbonyl (C=O) groups excluding carboxylic acids is 2. The molecule has 1 fully saturated rings. The average molecular weight is 480 g/mol. The smallest absolute Gasteiger partial charge is 0.475 e. The molecule has 12 heteroatoms. The number of hydrogen-bond acceptors (Lipinski definition) is 6. The fraction of sp³-hybridized carbons (Fsp3) is 0.571. The monoisotopic (exact) mass is 480 g/mol. The van der Waals surface area contributed by atoms with Crippen molar-refractivity contribution in [1.29, 1.82) is 0 Å². The molecule has 0 aromatic heterocycles. The molecule has 1 saturated heterocycles. The first-order chi connectivity index (χ1) is 15.4. The van der Waals surface area contributed by atoms with Crippen molar-refractivity contribution in [1.82, 2.24) is 10.6 Å². The van der Waals surface area contributed by atoms with Crippen LogP contribution in [0.1, 0.15) is 25.3 Å². The van der Waals surface area contributed by atoms with E-state index in [-0.39, 0.29) is 30.3 Å². The average Bonchev–Trinajstić information content (AvgIpc) is 3.28. The minimum absolute atomic E-state index is 0.120. The van der Waals surface area contributed by atoms with E-state index >= 15 is 0 Å². The Balaban J connectivity index is 0.000000675. The Morgan fingerprint density at radius 3 is 2.21 bits per heavy atom. The Hall–Kier alpha value is -2.73. The molecule has 1 heterocycles. The van der Waals surface area contributed by atoms with Gasteiger partial charge in [-0.25, -0.2) is 14.0 Å². The highest BCUT2D eigenvalue weighted by Gasteiger charge is 2.38. The van der Waals surface area contributed by atoms with Gasteiger partial charge in [-0.15, -0.1) is 0 Å². The van der Waals surface area contributed by atoms with Gasteiger partial charge in [-0.05, 0) is 37.1 Å². The maximum absolute atomic E-state index is 13.1. The number of esters is 1. The van der Waals surface area contributed by atoms with Crippen LogP contribution in [0.25, 0.3) is 0 Å². The number of benzene rings is 1. The predicted octanol–water partition coefficient (Wildman–Crippen LogP) is 2.06. The second kappa shape index (κ2) is 13.1. The number of alkyl halides is 3. The van der Waals surface area contributed by atoms with Crippen molar-refractivity contribution in [3.05, 3.63) is 35.6 Å². The summed E-state index contributed by atoms with van der Waals surface area (Å²) in [4.78, 5) is 33.7. The summed E-state index contributed by atoms with van der Waals surface area (Å²) in [6.45, 7) is 2.70. The number of nitrogens with one attached hydrogen (secondary N) is 2. The molecule has 1 aliphatic rings. The Labute approximate surface area is 188 Å². The number of aliphatic carboxylic acids is 1. The summed E-state index contributed by atoms with van der Waals surface area (Å²) in [5.41, 5.74) is 0.732. The molecule has 0 unspecified atom stereocenters. The molecule has 0 saturated carbocycles. The van der Waals surface area contributed by atoms with Crippen LogP contribution in [0.5, 0.6) is 0 Å². The second-order valence-electron chi connectivity index (χ2n) is 7.41. The number of carboxylic acids is 1. The van der Waals surface area contributed by atoms with Gasteiger partial charge in [0, 0.05) is 19.6 Å². The lowest BCUT2D eigenvalue weighted by molar-refractivity contribution is -0.192. The Morgan fingerprint density at radius 1 is 1.21 bits per heavy atom. The first-order valence-electron chi connectivity index (χ1n) is 10.1.